The lowest BCUT2D eigenvalue weighted by Gasteiger charge is -2.23. The van der Waals surface area contributed by atoms with Gasteiger partial charge in [0.05, 0.1) is 0 Å². The van der Waals surface area contributed by atoms with E-state index in [0.29, 0.717) is 5.92 Å². The van der Waals surface area contributed by atoms with E-state index >= 15 is 0 Å². The zero-order chi connectivity index (χ0) is 12.8. The van der Waals surface area contributed by atoms with E-state index in [4.69, 9.17) is 5.11 Å². The summed E-state index contributed by atoms with van der Waals surface area (Å²) >= 11 is 0. The maximum atomic E-state index is 10.4. The maximum absolute atomic E-state index is 10.4. The standard InChI is InChI=1S/C15H21NO2/c17-15(18)5-1-3-12-6-8-13(9-7-12)14-4-2-10-16-11-14/h6-9,14,16H,1-5,10-11H2,(H,17,18). The molecular formula is C15H21NO2. The van der Waals surface area contributed by atoms with Crippen LogP contribution in [-0.4, -0.2) is 24.2 Å². The molecule has 2 rings (SSSR count). The predicted octanol–water partition coefficient (Wildman–Crippen LogP) is 2.56. The number of hydrogen-bond acceptors (Lipinski definition) is 2. The molecule has 1 aliphatic heterocycles. The molecule has 1 aromatic carbocycles. The maximum Gasteiger partial charge on any atom is 0.303 e. The summed E-state index contributed by atoms with van der Waals surface area (Å²) in [4.78, 5) is 10.4. The Kier molecular flexibility index (Phi) is 4.76. The van der Waals surface area contributed by atoms with Crippen LogP contribution >= 0.6 is 0 Å². The van der Waals surface area contributed by atoms with Gasteiger partial charge in [-0.1, -0.05) is 24.3 Å². The molecule has 98 valence electrons. The second kappa shape index (κ2) is 6.55. The largest absolute Gasteiger partial charge is 0.481 e. The summed E-state index contributed by atoms with van der Waals surface area (Å²) in [6, 6.07) is 8.69. The summed E-state index contributed by atoms with van der Waals surface area (Å²) in [6.07, 6.45) is 4.36. The quantitative estimate of drug-likeness (QED) is 0.840. The van der Waals surface area contributed by atoms with E-state index in [1.165, 1.54) is 24.0 Å². The van der Waals surface area contributed by atoms with Crippen LogP contribution in [0.4, 0.5) is 0 Å². The Bertz CT molecular complexity index is 380. The summed E-state index contributed by atoms with van der Waals surface area (Å²) in [6.45, 7) is 2.22. The molecule has 3 nitrogen and oxygen atoms in total. The first-order valence-electron chi connectivity index (χ1n) is 6.77. The van der Waals surface area contributed by atoms with Crippen LogP contribution in [0.3, 0.4) is 0 Å². The zero-order valence-corrected chi connectivity index (χ0v) is 10.7. The van der Waals surface area contributed by atoms with Crippen LogP contribution in [0.15, 0.2) is 24.3 Å². The molecule has 0 amide bonds. The number of aliphatic carboxylic acids is 1. The van der Waals surface area contributed by atoms with Gasteiger partial charge in [0.15, 0.2) is 0 Å². The first-order chi connectivity index (χ1) is 8.75. The molecule has 0 aromatic heterocycles. The van der Waals surface area contributed by atoms with Crippen molar-refractivity contribution in [2.75, 3.05) is 13.1 Å². The molecule has 2 N–H and O–H groups in total. The summed E-state index contributed by atoms with van der Waals surface area (Å²) in [7, 11) is 0. The van der Waals surface area contributed by atoms with E-state index in [-0.39, 0.29) is 6.42 Å². The normalized spacial score (nSPS) is 19.7. The summed E-state index contributed by atoms with van der Waals surface area (Å²) in [5, 5.41) is 12.0. The Hall–Kier alpha value is -1.35. The highest BCUT2D eigenvalue weighted by molar-refractivity contribution is 5.66. The van der Waals surface area contributed by atoms with E-state index in [1.54, 1.807) is 0 Å². The lowest BCUT2D eigenvalue weighted by Crippen LogP contribution is -2.28. The number of carbonyl (C=O) groups is 1. The van der Waals surface area contributed by atoms with E-state index in [1.807, 2.05) is 0 Å². The molecule has 1 aliphatic rings. The van der Waals surface area contributed by atoms with Crippen molar-refractivity contribution in [2.24, 2.45) is 0 Å². The van der Waals surface area contributed by atoms with Crippen LogP contribution in [-0.2, 0) is 11.2 Å². The molecular weight excluding hydrogens is 226 g/mol. The fourth-order valence-electron chi connectivity index (χ4n) is 2.54. The summed E-state index contributed by atoms with van der Waals surface area (Å²) in [5.41, 5.74) is 2.65. The Labute approximate surface area is 108 Å². The van der Waals surface area contributed by atoms with Crippen LogP contribution in [0.5, 0.6) is 0 Å². The molecule has 0 saturated carbocycles. The van der Waals surface area contributed by atoms with E-state index < -0.39 is 5.97 Å². The van der Waals surface area contributed by atoms with Gasteiger partial charge in [-0.15, -0.1) is 0 Å². The van der Waals surface area contributed by atoms with Gasteiger partial charge in [-0.05, 0) is 49.3 Å². The molecule has 18 heavy (non-hydrogen) atoms. The molecule has 1 aromatic rings. The van der Waals surface area contributed by atoms with Crippen LogP contribution in [0, 0.1) is 0 Å². The van der Waals surface area contributed by atoms with Gasteiger partial charge in [0, 0.05) is 13.0 Å². The van der Waals surface area contributed by atoms with E-state index in [2.05, 4.69) is 29.6 Å². The minimum atomic E-state index is -0.708. The van der Waals surface area contributed by atoms with Crippen molar-refractivity contribution >= 4 is 5.97 Å². The van der Waals surface area contributed by atoms with Crippen molar-refractivity contribution in [1.82, 2.24) is 5.32 Å². The summed E-state index contributed by atoms with van der Waals surface area (Å²) < 4.78 is 0. The van der Waals surface area contributed by atoms with Crippen LogP contribution < -0.4 is 5.32 Å². The van der Waals surface area contributed by atoms with Gasteiger partial charge in [0.2, 0.25) is 0 Å². The third-order valence-corrected chi connectivity index (χ3v) is 3.60. The highest BCUT2D eigenvalue weighted by Gasteiger charge is 2.14. The molecule has 1 saturated heterocycles. The average molecular weight is 247 g/mol. The Morgan fingerprint density at radius 2 is 2.11 bits per heavy atom. The highest BCUT2D eigenvalue weighted by atomic mass is 16.4. The number of carboxylic acid groups (broad SMARTS) is 1. The molecule has 1 atom stereocenters. The third-order valence-electron chi connectivity index (χ3n) is 3.60. The van der Waals surface area contributed by atoms with Gasteiger partial charge in [0.25, 0.3) is 0 Å². The van der Waals surface area contributed by atoms with Crippen molar-refractivity contribution in [1.29, 1.82) is 0 Å². The number of hydrogen-bond donors (Lipinski definition) is 2. The number of aryl methyl sites for hydroxylation is 1. The van der Waals surface area contributed by atoms with Crippen molar-refractivity contribution < 1.29 is 9.90 Å². The van der Waals surface area contributed by atoms with Crippen molar-refractivity contribution in [3.63, 3.8) is 0 Å². The Morgan fingerprint density at radius 1 is 1.33 bits per heavy atom. The molecule has 0 aliphatic carbocycles. The van der Waals surface area contributed by atoms with Gasteiger partial charge in [-0.25, -0.2) is 0 Å². The van der Waals surface area contributed by atoms with E-state index in [9.17, 15) is 4.79 Å². The predicted molar refractivity (Wildman–Crippen MR) is 71.9 cm³/mol. The first-order valence-corrected chi connectivity index (χ1v) is 6.77. The smallest absolute Gasteiger partial charge is 0.303 e. The monoisotopic (exact) mass is 247 g/mol. The van der Waals surface area contributed by atoms with Crippen LogP contribution in [0.25, 0.3) is 0 Å². The molecule has 0 spiro atoms. The molecule has 0 bridgehead atoms. The second-order valence-corrected chi connectivity index (χ2v) is 5.03. The fourth-order valence-corrected chi connectivity index (χ4v) is 2.54. The lowest BCUT2D eigenvalue weighted by atomic mass is 9.91. The fraction of sp³-hybridized carbons (Fsp3) is 0.533. The number of benzene rings is 1. The molecule has 3 heteroatoms. The SMILES string of the molecule is O=C(O)CCCc1ccc(C2CCCNC2)cc1. The van der Waals surface area contributed by atoms with Gasteiger partial charge in [-0.2, -0.15) is 0 Å². The van der Waals surface area contributed by atoms with Crippen molar-refractivity contribution in [3.05, 3.63) is 35.4 Å². The number of piperidine rings is 1. The topological polar surface area (TPSA) is 49.3 Å². The number of carboxylic acids is 1. The van der Waals surface area contributed by atoms with Crippen LogP contribution in [0.2, 0.25) is 0 Å². The van der Waals surface area contributed by atoms with Crippen LogP contribution in [0.1, 0.15) is 42.7 Å². The van der Waals surface area contributed by atoms with Crippen molar-refractivity contribution in [3.8, 4) is 0 Å². The van der Waals surface area contributed by atoms with Gasteiger partial charge >= 0.3 is 5.97 Å². The minimum absolute atomic E-state index is 0.258. The Morgan fingerprint density at radius 3 is 2.72 bits per heavy atom. The highest BCUT2D eigenvalue weighted by Crippen LogP contribution is 2.23. The van der Waals surface area contributed by atoms with Crippen molar-refractivity contribution in [2.45, 2.75) is 38.0 Å². The van der Waals surface area contributed by atoms with Gasteiger partial charge in [-0.3, -0.25) is 4.79 Å². The number of rotatable bonds is 5. The molecule has 1 fully saturated rings. The Balaban J connectivity index is 1.86. The first kappa shape index (κ1) is 13.1. The second-order valence-electron chi connectivity index (χ2n) is 5.03. The average Bonchev–Trinajstić information content (AvgIpc) is 2.40. The minimum Gasteiger partial charge on any atom is -0.481 e. The summed E-state index contributed by atoms with van der Waals surface area (Å²) in [5.74, 6) is -0.0632. The van der Waals surface area contributed by atoms with Gasteiger partial charge in [0.1, 0.15) is 0 Å². The molecule has 1 unspecified atom stereocenters. The van der Waals surface area contributed by atoms with E-state index in [0.717, 1.165) is 25.9 Å². The zero-order valence-electron chi connectivity index (χ0n) is 10.7. The third kappa shape index (κ3) is 3.84. The molecule has 1 heterocycles. The lowest BCUT2D eigenvalue weighted by molar-refractivity contribution is -0.137. The molecule has 0 radical (unpaired) electrons. The number of nitrogens with one attached hydrogen (secondary N) is 1. The van der Waals surface area contributed by atoms with Gasteiger partial charge < -0.3 is 10.4 Å².